The average Bonchev–Trinajstić information content (AvgIpc) is 2.03. The fraction of sp³-hybridized carbons (Fsp3) is 0. The van der Waals surface area contributed by atoms with Gasteiger partial charge in [-0.25, -0.2) is 0 Å². The van der Waals surface area contributed by atoms with Crippen LogP contribution in [0.5, 0.6) is 0 Å². The Balaban J connectivity index is -0.0000000133. The second-order valence-corrected chi connectivity index (χ2v) is 0. The third-order valence-electron chi connectivity index (χ3n) is 0. The van der Waals surface area contributed by atoms with E-state index in [0.29, 0.717) is 62.7 Å². The van der Waals surface area contributed by atoms with Gasteiger partial charge >= 0.3 is 145 Å². The molecule has 0 aromatic rings. The van der Waals surface area contributed by atoms with Crippen LogP contribution in [0.4, 0.5) is 0 Å². The maximum atomic E-state index is 8.38. The fourth-order valence-corrected chi connectivity index (χ4v) is 0. The van der Waals surface area contributed by atoms with Crippen molar-refractivity contribution in [3.8, 4) is 0 Å². The van der Waals surface area contributed by atoms with Crippen molar-refractivity contribution >= 4 is 0 Å². The van der Waals surface area contributed by atoms with E-state index in [9.17, 15) is 0 Å². The average molecular weight is 574 g/mol. The van der Waals surface area contributed by atoms with E-state index in [2.05, 4.69) is 0 Å². The molecule has 8 heavy (non-hydrogen) atoms. The second kappa shape index (κ2) is 68.3. The normalized spacial score (nSPS) is 2.50. The molecule has 0 aliphatic rings. The van der Waals surface area contributed by atoms with Gasteiger partial charge in [0.15, 0.2) is 0 Å². The molecule has 0 N–H and O–H groups in total. The van der Waals surface area contributed by atoms with Gasteiger partial charge in [-0.05, 0) is 0 Å². The summed E-state index contributed by atoms with van der Waals surface area (Å²) in [5.41, 5.74) is 0. The third-order valence-corrected chi connectivity index (χ3v) is 0. The molecule has 0 aliphatic heterocycles. The third kappa shape index (κ3) is 50.3. The van der Waals surface area contributed by atoms with Crippen LogP contribution in [0.1, 0.15) is 0 Å². The first-order chi connectivity index (χ1) is 4.00. The molecule has 0 radical (unpaired) electrons. The summed E-state index contributed by atoms with van der Waals surface area (Å²) in [6, 6.07) is 0. The van der Waals surface area contributed by atoms with Crippen molar-refractivity contribution in [1.82, 2.24) is 0 Å². The summed E-state index contributed by atoms with van der Waals surface area (Å²) in [5.74, 6) is 0. The summed E-state index contributed by atoms with van der Waals surface area (Å²) in [7, 11) is 0. The Morgan fingerprint density at radius 3 is 1.12 bits per heavy atom. The molecule has 4 nitrogen and oxygen atoms in total. The van der Waals surface area contributed by atoms with E-state index >= 15 is 0 Å². The zero-order chi connectivity index (χ0) is 8.00. The van der Waals surface area contributed by atoms with Gasteiger partial charge in [-0.2, -0.15) is 0 Å². The topological polar surface area (TPSA) is 68.3 Å². The van der Waals surface area contributed by atoms with E-state index in [1.165, 1.54) is 44.8 Å². The second-order valence-electron chi connectivity index (χ2n) is 0. The molecule has 0 saturated carbocycles. The fourth-order valence-electron chi connectivity index (χ4n) is 0. The van der Waals surface area contributed by atoms with E-state index in [1.54, 1.807) is 0 Å². The maximum absolute atomic E-state index is 8.38. The minimum absolute atomic E-state index is 0.100. The number of hydrogen-bond acceptors (Lipinski definition) is 4. The standard InChI is InChI=1S/Gd.4O.Y.Yb.Zr. The summed E-state index contributed by atoms with van der Waals surface area (Å²) in [6.07, 6.45) is 0. The SMILES string of the molecule is [O]=[Gd].[O]=[Y].[O]=[Yb].[O]=[Zr]. The van der Waals surface area contributed by atoms with Crippen molar-refractivity contribution < 1.29 is 145 Å². The van der Waals surface area contributed by atoms with E-state index < -0.39 is 0 Å². The predicted octanol–water partition coefficient (Wildman–Crippen LogP) is -0.480. The quantitative estimate of drug-likeness (QED) is 0.393. The predicted molar refractivity (Wildman–Crippen MR) is 2.75 cm³/mol. The van der Waals surface area contributed by atoms with Gasteiger partial charge in [-0.3, -0.25) is 0 Å². The molecule has 0 atom stereocenters. The van der Waals surface area contributed by atoms with Gasteiger partial charge in [-0.15, -0.1) is 0 Å². The van der Waals surface area contributed by atoms with Crippen LogP contribution in [0.15, 0.2) is 0 Å². The van der Waals surface area contributed by atoms with E-state index in [4.69, 9.17) is 6.31 Å². The first-order valence-corrected chi connectivity index (χ1v) is 4.48. The van der Waals surface area contributed by atoms with Crippen molar-refractivity contribution in [3.05, 3.63) is 0 Å². The Morgan fingerprint density at radius 1 is 1.12 bits per heavy atom. The van der Waals surface area contributed by atoms with Gasteiger partial charge in [0.25, 0.3) is 0 Å². The van der Waals surface area contributed by atoms with Crippen LogP contribution in [-0.4, -0.2) is 0 Å². The van der Waals surface area contributed by atoms with Gasteiger partial charge < -0.3 is 0 Å². The monoisotopic (exact) mass is 575 g/mol. The first-order valence-electron chi connectivity index (χ1n) is 0.693. The van der Waals surface area contributed by atoms with Crippen LogP contribution in [0, 0.1) is 82.8 Å². The molecule has 0 heterocycles. The van der Waals surface area contributed by atoms with E-state index in [-0.39, 0.29) is 31.0 Å². The van der Waals surface area contributed by atoms with Crippen molar-refractivity contribution in [3.63, 3.8) is 0 Å². The summed E-state index contributed by atoms with van der Waals surface area (Å²) >= 11 is 2.46. The molecule has 0 aromatic carbocycles. The van der Waals surface area contributed by atoms with Crippen LogP contribution in [0.3, 0.4) is 0 Å². The molecular weight excluding hydrogens is 574 g/mol. The van der Waals surface area contributed by atoms with Crippen LogP contribution in [0.2, 0.25) is 0 Å². The Bertz CT molecular complexity index is 24.0. The Kier molecular flexibility index (Phi) is 194. The zero-order valence-electron chi connectivity index (χ0n) is 3.33. The molecule has 0 rings (SSSR count). The summed E-state index contributed by atoms with van der Waals surface area (Å²) in [5, 5.41) is 0. The van der Waals surface area contributed by atoms with Gasteiger partial charge in [0.1, 0.15) is 0 Å². The first kappa shape index (κ1) is 22.7. The summed E-state index contributed by atoms with van der Waals surface area (Å²) in [6.45, 7) is 0. The van der Waals surface area contributed by atoms with Gasteiger partial charge in [0, 0.05) is 0 Å². The Labute approximate surface area is 140 Å². The molecule has 0 saturated heterocycles. The van der Waals surface area contributed by atoms with E-state index in [1.807, 2.05) is 0 Å². The molecule has 0 unspecified atom stereocenters. The van der Waals surface area contributed by atoms with Crippen LogP contribution in [-0.2, 0) is 62.0 Å². The Hall–Kier alpha value is 4.03. The summed E-state index contributed by atoms with van der Waals surface area (Å²) < 4.78 is 33.1. The molecule has 8 heteroatoms. The number of rotatable bonds is 0. The number of hydrogen-bond donors (Lipinski definition) is 0. The van der Waals surface area contributed by atoms with Crippen molar-refractivity contribution in [2.24, 2.45) is 0 Å². The molecule has 0 aromatic heterocycles. The summed E-state index contributed by atoms with van der Waals surface area (Å²) in [4.78, 5) is 0. The zero-order valence-corrected chi connectivity index (χ0v) is 12.6. The van der Waals surface area contributed by atoms with Crippen molar-refractivity contribution in [2.75, 3.05) is 0 Å². The van der Waals surface area contributed by atoms with Crippen molar-refractivity contribution in [1.29, 1.82) is 0 Å². The molecule has 0 bridgehead atoms. The minimum atomic E-state index is 0.100. The van der Waals surface area contributed by atoms with Gasteiger partial charge in [-0.1, -0.05) is 0 Å². The van der Waals surface area contributed by atoms with Gasteiger partial charge in [0.05, 0.1) is 0 Å². The van der Waals surface area contributed by atoms with E-state index in [0.717, 1.165) is 0 Å². The molecular formula is GdO4YYbZr. The molecule has 53 valence electrons. The van der Waals surface area contributed by atoms with Crippen LogP contribution < -0.4 is 0 Å². The van der Waals surface area contributed by atoms with Gasteiger partial charge in [0.2, 0.25) is 0 Å². The molecule has 0 amide bonds. The van der Waals surface area contributed by atoms with Crippen LogP contribution in [0.25, 0.3) is 0 Å². The van der Waals surface area contributed by atoms with Crippen molar-refractivity contribution in [2.45, 2.75) is 0 Å². The molecule has 0 spiro atoms. The Morgan fingerprint density at radius 2 is 1.12 bits per heavy atom. The molecule has 0 fully saturated rings. The molecule has 0 aliphatic carbocycles. The van der Waals surface area contributed by atoms with Crippen LogP contribution >= 0.6 is 0 Å².